The highest BCUT2D eigenvalue weighted by Gasteiger charge is 2.17. The molecular weight excluding hydrogens is 242 g/mol. The molecule has 1 heterocycles. The van der Waals surface area contributed by atoms with Gasteiger partial charge >= 0.3 is 5.97 Å². The molecule has 0 fully saturated rings. The molecule has 0 saturated heterocycles. The van der Waals surface area contributed by atoms with Gasteiger partial charge in [0.05, 0.1) is 0 Å². The molecule has 4 heteroatoms. The summed E-state index contributed by atoms with van der Waals surface area (Å²) in [7, 11) is 0. The van der Waals surface area contributed by atoms with Crippen LogP contribution in [0, 0.1) is 13.8 Å². The molecule has 19 heavy (non-hydrogen) atoms. The Kier molecular flexibility index (Phi) is 3.42. The number of aromatic nitrogens is 1. The lowest BCUT2D eigenvalue weighted by molar-refractivity contribution is -0.124. The number of ether oxygens (including phenoxy) is 1. The van der Waals surface area contributed by atoms with Crippen molar-refractivity contribution in [3.63, 3.8) is 0 Å². The third kappa shape index (κ3) is 2.67. The van der Waals surface area contributed by atoms with Crippen LogP contribution in [0.5, 0.6) is 0 Å². The predicted octanol–water partition coefficient (Wildman–Crippen LogP) is 2.92. The number of fused-ring (bicyclic) bond motifs is 1. The van der Waals surface area contributed by atoms with Gasteiger partial charge in [0.2, 0.25) is 0 Å². The summed E-state index contributed by atoms with van der Waals surface area (Å²) in [5.41, 5.74) is 3.51. The molecule has 1 atom stereocenters. The van der Waals surface area contributed by atoms with E-state index in [0.717, 1.165) is 22.0 Å². The Morgan fingerprint density at radius 1 is 1.21 bits per heavy atom. The minimum atomic E-state index is -0.721. The smallest absolute Gasteiger partial charge is 0.355 e. The lowest BCUT2D eigenvalue weighted by Crippen LogP contribution is -2.21. The maximum atomic E-state index is 11.9. The summed E-state index contributed by atoms with van der Waals surface area (Å²) in [6.07, 6.45) is -0.721. The van der Waals surface area contributed by atoms with Crippen LogP contribution in [0.1, 0.15) is 35.5 Å². The molecule has 1 N–H and O–H groups in total. The normalized spacial score (nSPS) is 12.4. The molecule has 0 radical (unpaired) electrons. The van der Waals surface area contributed by atoms with E-state index >= 15 is 0 Å². The van der Waals surface area contributed by atoms with Gasteiger partial charge in [0, 0.05) is 10.9 Å². The van der Waals surface area contributed by atoms with Crippen molar-refractivity contribution >= 4 is 22.7 Å². The first kappa shape index (κ1) is 13.3. The summed E-state index contributed by atoms with van der Waals surface area (Å²) in [5, 5.41) is 0.994. The van der Waals surface area contributed by atoms with Gasteiger partial charge in [-0.3, -0.25) is 4.79 Å². The Labute approximate surface area is 111 Å². The number of carbonyl (C=O) groups is 2. The number of rotatable bonds is 3. The second kappa shape index (κ2) is 4.88. The number of nitrogens with one attached hydrogen (secondary N) is 1. The molecule has 1 unspecified atom stereocenters. The van der Waals surface area contributed by atoms with E-state index < -0.39 is 12.1 Å². The van der Waals surface area contributed by atoms with Crippen molar-refractivity contribution < 1.29 is 14.3 Å². The summed E-state index contributed by atoms with van der Waals surface area (Å²) in [4.78, 5) is 26.0. The Morgan fingerprint density at radius 3 is 2.53 bits per heavy atom. The first-order valence-corrected chi connectivity index (χ1v) is 6.20. The molecule has 2 aromatic rings. The number of aromatic amines is 1. The summed E-state index contributed by atoms with van der Waals surface area (Å²) < 4.78 is 5.08. The summed E-state index contributed by atoms with van der Waals surface area (Å²) >= 11 is 0. The van der Waals surface area contributed by atoms with Gasteiger partial charge in [-0.15, -0.1) is 0 Å². The molecule has 0 aliphatic carbocycles. The zero-order chi connectivity index (χ0) is 14.2. The van der Waals surface area contributed by atoms with Gasteiger partial charge in [-0.1, -0.05) is 6.07 Å². The van der Waals surface area contributed by atoms with E-state index in [-0.39, 0.29) is 5.78 Å². The molecule has 0 aliphatic heterocycles. The highest BCUT2D eigenvalue weighted by Crippen LogP contribution is 2.22. The molecule has 4 nitrogen and oxygen atoms in total. The second-order valence-corrected chi connectivity index (χ2v) is 4.88. The number of hydrogen-bond donors (Lipinski definition) is 1. The topological polar surface area (TPSA) is 59.2 Å². The van der Waals surface area contributed by atoms with Gasteiger partial charge in [-0.2, -0.15) is 0 Å². The lowest BCUT2D eigenvalue weighted by Gasteiger charge is -2.08. The first-order valence-electron chi connectivity index (χ1n) is 6.20. The van der Waals surface area contributed by atoms with Crippen LogP contribution in [0.25, 0.3) is 10.9 Å². The van der Waals surface area contributed by atoms with E-state index in [9.17, 15) is 9.59 Å². The Balaban J connectivity index is 2.33. The van der Waals surface area contributed by atoms with Gasteiger partial charge in [0.1, 0.15) is 5.69 Å². The van der Waals surface area contributed by atoms with E-state index in [1.165, 1.54) is 6.92 Å². The van der Waals surface area contributed by atoms with Crippen LogP contribution >= 0.6 is 0 Å². The number of esters is 1. The molecule has 100 valence electrons. The fourth-order valence-corrected chi connectivity index (χ4v) is 2.02. The number of benzene rings is 1. The van der Waals surface area contributed by atoms with Crippen LogP contribution in [0.3, 0.4) is 0 Å². The first-order chi connectivity index (χ1) is 8.88. The lowest BCUT2D eigenvalue weighted by atomic mass is 10.1. The third-order valence-corrected chi connectivity index (χ3v) is 3.17. The fourth-order valence-electron chi connectivity index (χ4n) is 2.02. The number of hydrogen-bond acceptors (Lipinski definition) is 3. The molecular formula is C15H17NO3. The Morgan fingerprint density at radius 2 is 1.89 bits per heavy atom. The Bertz CT molecular complexity index is 655. The van der Waals surface area contributed by atoms with E-state index in [1.54, 1.807) is 13.0 Å². The zero-order valence-electron chi connectivity index (χ0n) is 11.5. The van der Waals surface area contributed by atoms with E-state index in [1.807, 2.05) is 19.9 Å². The minimum absolute atomic E-state index is 0.170. The molecule has 0 aliphatic rings. The summed E-state index contributed by atoms with van der Waals surface area (Å²) in [6.45, 7) is 6.97. The standard InChI is InChI=1S/C15H17NO3/c1-8-5-9(2)12-7-14(16-13(12)6-8)15(18)19-11(4)10(3)17/h5-7,11,16H,1-4H3. The van der Waals surface area contributed by atoms with Crippen molar-refractivity contribution in [3.05, 3.63) is 35.0 Å². The SMILES string of the molecule is CC(=O)C(C)OC(=O)c1cc2c(C)cc(C)cc2[nH]1. The van der Waals surface area contributed by atoms with Crippen molar-refractivity contribution in [1.29, 1.82) is 0 Å². The van der Waals surface area contributed by atoms with Gasteiger partial charge < -0.3 is 9.72 Å². The van der Waals surface area contributed by atoms with Crippen molar-refractivity contribution in [2.75, 3.05) is 0 Å². The summed E-state index contributed by atoms with van der Waals surface area (Å²) in [6, 6.07) is 5.80. The van der Waals surface area contributed by atoms with Gasteiger partial charge in [0.15, 0.2) is 11.9 Å². The minimum Gasteiger partial charge on any atom is -0.450 e. The van der Waals surface area contributed by atoms with E-state index in [4.69, 9.17) is 4.74 Å². The number of H-pyrrole nitrogens is 1. The van der Waals surface area contributed by atoms with Crippen LogP contribution < -0.4 is 0 Å². The highest BCUT2D eigenvalue weighted by molar-refractivity contribution is 5.97. The number of ketones is 1. The largest absolute Gasteiger partial charge is 0.450 e. The monoisotopic (exact) mass is 259 g/mol. The predicted molar refractivity (Wildman–Crippen MR) is 73.3 cm³/mol. The van der Waals surface area contributed by atoms with Crippen molar-refractivity contribution in [3.8, 4) is 0 Å². The van der Waals surface area contributed by atoms with Crippen molar-refractivity contribution in [2.45, 2.75) is 33.8 Å². The number of aryl methyl sites for hydroxylation is 2. The average Bonchev–Trinajstić information content (AvgIpc) is 2.72. The fraction of sp³-hybridized carbons (Fsp3) is 0.333. The highest BCUT2D eigenvalue weighted by atomic mass is 16.5. The van der Waals surface area contributed by atoms with Gasteiger partial charge in [-0.25, -0.2) is 4.79 Å². The third-order valence-electron chi connectivity index (χ3n) is 3.17. The molecule has 0 saturated carbocycles. The van der Waals surface area contributed by atoms with Crippen LogP contribution in [0.2, 0.25) is 0 Å². The molecule has 1 aromatic heterocycles. The van der Waals surface area contributed by atoms with Crippen LogP contribution in [0.15, 0.2) is 18.2 Å². The van der Waals surface area contributed by atoms with Crippen LogP contribution in [0.4, 0.5) is 0 Å². The Hall–Kier alpha value is -2.10. The van der Waals surface area contributed by atoms with Crippen LogP contribution in [-0.4, -0.2) is 22.8 Å². The van der Waals surface area contributed by atoms with Crippen molar-refractivity contribution in [2.24, 2.45) is 0 Å². The maximum absolute atomic E-state index is 11.9. The molecule has 0 bridgehead atoms. The summed E-state index contributed by atoms with van der Waals surface area (Å²) in [5.74, 6) is -0.674. The van der Waals surface area contributed by atoms with E-state index in [2.05, 4.69) is 11.1 Å². The molecule has 2 rings (SSSR count). The molecule has 0 spiro atoms. The quantitative estimate of drug-likeness (QED) is 0.862. The average molecular weight is 259 g/mol. The zero-order valence-corrected chi connectivity index (χ0v) is 11.5. The number of Topliss-reactive ketones (excluding diaryl/α,β-unsaturated/α-hetero) is 1. The second-order valence-electron chi connectivity index (χ2n) is 4.88. The van der Waals surface area contributed by atoms with Gasteiger partial charge in [0.25, 0.3) is 0 Å². The number of carbonyl (C=O) groups excluding carboxylic acids is 2. The molecule has 1 aromatic carbocycles. The molecule has 0 amide bonds. The van der Waals surface area contributed by atoms with Crippen molar-refractivity contribution in [1.82, 2.24) is 4.98 Å². The van der Waals surface area contributed by atoms with Gasteiger partial charge in [-0.05, 0) is 51.0 Å². The van der Waals surface area contributed by atoms with E-state index in [0.29, 0.717) is 5.69 Å². The maximum Gasteiger partial charge on any atom is 0.355 e. The van der Waals surface area contributed by atoms with Crippen LogP contribution in [-0.2, 0) is 9.53 Å².